The Bertz CT molecular complexity index is 622. The lowest BCUT2D eigenvalue weighted by Gasteiger charge is -2.24. The standard InChI is InChI=1S/C15H20O4S/c1-14(2,20(3,18)19)11-4-6-12(7-5-11)15(8-9-15)10-13(16)17/h4-7H,8-10H2,1-3H3,(H,16,17). The minimum Gasteiger partial charge on any atom is -0.481 e. The van der Waals surface area contributed by atoms with E-state index in [-0.39, 0.29) is 11.8 Å². The highest BCUT2D eigenvalue weighted by Crippen LogP contribution is 2.51. The lowest BCUT2D eigenvalue weighted by Crippen LogP contribution is -2.28. The Morgan fingerprint density at radius 1 is 1.25 bits per heavy atom. The van der Waals surface area contributed by atoms with Crippen LogP contribution in [0.2, 0.25) is 0 Å². The van der Waals surface area contributed by atoms with Crippen molar-refractivity contribution in [3.05, 3.63) is 35.4 Å². The smallest absolute Gasteiger partial charge is 0.304 e. The van der Waals surface area contributed by atoms with Crippen molar-refractivity contribution in [3.63, 3.8) is 0 Å². The fourth-order valence-corrected chi connectivity index (χ4v) is 3.01. The molecule has 0 saturated heterocycles. The van der Waals surface area contributed by atoms with Gasteiger partial charge < -0.3 is 5.11 Å². The first-order valence-electron chi connectivity index (χ1n) is 6.61. The Balaban J connectivity index is 2.30. The van der Waals surface area contributed by atoms with Gasteiger partial charge in [-0.3, -0.25) is 4.79 Å². The first kappa shape index (κ1) is 15.0. The molecule has 0 radical (unpaired) electrons. The van der Waals surface area contributed by atoms with Crippen molar-refractivity contribution in [1.29, 1.82) is 0 Å². The molecule has 1 saturated carbocycles. The lowest BCUT2D eigenvalue weighted by atomic mass is 9.90. The summed E-state index contributed by atoms with van der Waals surface area (Å²) in [6, 6.07) is 7.35. The number of rotatable bonds is 5. The van der Waals surface area contributed by atoms with Crippen molar-refractivity contribution in [3.8, 4) is 0 Å². The molecule has 0 aromatic heterocycles. The average molecular weight is 296 g/mol. The number of hydrogen-bond donors (Lipinski definition) is 1. The molecule has 1 aliphatic rings. The first-order chi connectivity index (χ1) is 9.08. The molecular formula is C15H20O4S. The Kier molecular flexibility index (Phi) is 3.45. The fourth-order valence-electron chi connectivity index (χ4n) is 2.45. The highest BCUT2D eigenvalue weighted by Gasteiger charge is 2.46. The van der Waals surface area contributed by atoms with E-state index in [0.29, 0.717) is 0 Å². The van der Waals surface area contributed by atoms with Gasteiger partial charge in [0.2, 0.25) is 0 Å². The minimum atomic E-state index is -3.20. The normalized spacial score (nSPS) is 17.8. The van der Waals surface area contributed by atoms with E-state index in [1.807, 2.05) is 12.1 Å². The van der Waals surface area contributed by atoms with E-state index < -0.39 is 20.6 Å². The average Bonchev–Trinajstić information content (AvgIpc) is 3.08. The summed E-state index contributed by atoms with van der Waals surface area (Å²) in [5.41, 5.74) is 1.49. The molecular weight excluding hydrogens is 276 g/mol. The Labute approximate surface area is 119 Å². The molecule has 0 bridgehead atoms. The molecule has 110 valence electrons. The largest absolute Gasteiger partial charge is 0.481 e. The van der Waals surface area contributed by atoms with Gasteiger partial charge in [-0.2, -0.15) is 0 Å². The van der Waals surface area contributed by atoms with E-state index >= 15 is 0 Å². The van der Waals surface area contributed by atoms with Gasteiger partial charge >= 0.3 is 5.97 Å². The molecule has 1 N–H and O–H groups in total. The molecule has 1 aromatic rings. The lowest BCUT2D eigenvalue weighted by molar-refractivity contribution is -0.137. The van der Waals surface area contributed by atoms with E-state index in [1.165, 1.54) is 6.26 Å². The Hall–Kier alpha value is -1.36. The monoisotopic (exact) mass is 296 g/mol. The summed E-state index contributed by atoms with van der Waals surface area (Å²) in [6.07, 6.45) is 3.14. The van der Waals surface area contributed by atoms with Crippen LogP contribution in [0.4, 0.5) is 0 Å². The Morgan fingerprint density at radius 2 is 1.75 bits per heavy atom. The maximum Gasteiger partial charge on any atom is 0.304 e. The molecule has 5 heteroatoms. The molecule has 0 unspecified atom stereocenters. The second-order valence-corrected chi connectivity index (χ2v) is 8.78. The first-order valence-corrected chi connectivity index (χ1v) is 8.50. The summed E-state index contributed by atoms with van der Waals surface area (Å²) in [4.78, 5) is 10.9. The van der Waals surface area contributed by atoms with Crippen LogP contribution >= 0.6 is 0 Å². The van der Waals surface area contributed by atoms with Crippen molar-refractivity contribution in [2.75, 3.05) is 6.26 Å². The van der Waals surface area contributed by atoms with E-state index in [1.54, 1.807) is 26.0 Å². The van der Waals surface area contributed by atoms with Crippen LogP contribution in [0.3, 0.4) is 0 Å². The predicted octanol–water partition coefficient (Wildman–Crippen LogP) is 2.47. The van der Waals surface area contributed by atoms with Gasteiger partial charge in [0.1, 0.15) is 0 Å². The van der Waals surface area contributed by atoms with Gasteiger partial charge in [-0.15, -0.1) is 0 Å². The van der Waals surface area contributed by atoms with Gasteiger partial charge in [0, 0.05) is 11.7 Å². The van der Waals surface area contributed by atoms with Crippen molar-refractivity contribution in [2.24, 2.45) is 0 Å². The number of aliphatic carboxylic acids is 1. The van der Waals surface area contributed by atoms with Crippen LogP contribution in [0.15, 0.2) is 24.3 Å². The Morgan fingerprint density at radius 3 is 2.10 bits per heavy atom. The summed E-state index contributed by atoms with van der Waals surface area (Å²) in [5.74, 6) is -0.789. The maximum absolute atomic E-state index is 11.8. The van der Waals surface area contributed by atoms with E-state index in [0.717, 1.165) is 24.0 Å². The number of carboxylic acid groups (broad SMARTS) is 1. The van der Waals surface area contributed by atoms with E-state index in [4.69, 9.17) is 5.11 Å². The number of sulfone groups is 1. The molecule has 1 aromatic carbocycles. The number of hydrogen-bond acceptors (Lipinski definition) is 3. The number of carbonyl (C=O) groups is 1. The van der Waals surface area contributed by atoms with Crippen LogP contribution in [-0.4, -0.2) is 25.7 Å². The van der Waals surface area contributed by atoms with Crippen LogP contribution < -0.4 is 0 Å². The molecule has 0 aliphatic heterocycles. The predicted molar refractivity (Wildman–Crippen MR) is 77.5 cm³/mol. The summed E-state index contributed by atoms with van der Waals surface area (Å²) < 4.78 is 22.7. The molecule has 20 heavy (non-hydrogen) atoms. The highest BCUT2D eigenvalue weighted by atomic mass is 32.2. The van der Waals surface area contributed by atoms with Gasteiger partial charge in [-0.1, -0.05) is 24.3 Å². The molecule has 2 rings (SSSR count). The third-order valence-corrected chi connectivity index (χ3v) is 6.55. The van der Waals surface area contributed by atoms with Crippen LogP contribution in [0.25, 0.3) is 0 Å². The zero-order chi connectivity index (χ0) is 15.2. The third kappa shape index (κ3) is 2.59. The molecule has 0 atom stereocenters. The topological polar surface area (TPSA) is 71.4 Å². The van der Waals surface area contributed by atoms with Crippen molar-refractivity contribution >= 4 is 15.8 Å². The van der Waals surface area contributed by atoms with E-state index in [2.05, 4.69) is 0 Å². The van der Waals surface area contributed by atoms with Gasteiger partial charge in [0.05, 0.1) is 11.2 Å². The third-order valence-electron chi connectivity index (χ3n) is 4.46. The maximum atomic E-state index is 11.8. The number of carboxylic acids is 1. The van der Waals surface area contributed by atoms with Gasteiger partial charge in [0.25, 0.3) is 0 Å². The second-order valence-electron chi connectivity index (χ2n) is 6.21. The van der Waals surface area contributed by atoms with Gasteiger partial charge in [0.15, 0.2) is 9.84 Å². The van der Waals surface area contributed by atoms with Crippen LogP contribution in [-0.2, 0) is 24.8 Å². The summed E-state index contributed by atoms with van der Waals surface area (Å²) in [5, 5.41) is 8.96. The SMILES string of the molecule is CC(C)(c1ccc(C2(CC(=O)O)CC2)cc1)S(C)(=O)=O. The fraction of sp³-hybridized carbons (Fsp3) is 0.533. The highest BCUT2D eigenvalue weighted by molar-refractivity contribution is 7.91. The van der Waals surface area contributed by atoms with Crippen LogP contribution in [0.1, 0.15) is 44.2 Å². The summed E-state index contributed by atoms with van der Waals surface area (Å²) in [7, 11) is -3.20. The van der Waals surface area contributed by atoms with Crippen molar-refractivity contribution < 1.29 is 18.3 Å². The van der Waals surface area contributed by atoms with Crippen LogP contribution in [0.5, 0.6) is 0 Å². The molecule has 1 fully saturated rings. The summed E-state index contributed by atoms with van der Waals surface area (Å²) >= 11 is 0. The van der Waals surface area contributed by atoms with Crippen LogP contribution in [0, 0.1) is 0 Å². The quantitative estimate of drug-likeness (QED) is 0.906. The number of benzene rings is 1. The van der Waals surface area contributed by atoms with Crippen molar-refractivity contribution in [2.45, 2.75) is 43.3 Å². The zero-order valence-corrected chi connectivity index (χ0v) is 12.8. The molecule has 0 spiro atoms. The minimum absolute atomic E-state index is 0.141. The second kappa shape index (κ2) is 4.58. The molecule has 4 nitrogen and oxygen atoms in total. The van der Waals surface area contributed by atoms with E-state index in [9.17, 15) is 13.2 Å². The van der Waals surface area contributed by atoms with Gasteiger partial charge in [-0.05, 0) is 37.8 Å². The van der Waals surface area contributed by atoms with Gasteiger partial charge in [-0.25, -0.2) is 8.42 Å². The van der Waals surface area contributed by atoms with Crippen molar-refractivity contribution in [1.82, 2.24) is 0 Å². The molecule has 0 amide bonds. The molecule has 0 heterocycles. The zero-order valence-electron chi connectivity index (χ0n) is 12.0. The summed E-state index contributed by atoms with van der Waals surface area (Å²) in [6.45, 7) is 3.36. The molecule has 1 aliphatic carbocycles.